The topological polar surface area (TPSA) is 53.3 Å². The Morgan fingerprint density at radius 1 is 1.33 bits per heavy atom. The molecule has 0 unspecified atom stereocenters. The monoisotopic (exact) mass is 93.1 g/mol. The average Bonchev–Trinajstić information content (AvgIpc) is 1.61. The average molecular weight is 93.1 g/mol. The summed E-state index contributed by atoms with van der Waals surface area (Å²) in [6.45, 7) is 0.192. The molecule has 0 spiro atoms. The highest BCUT2D eigenvalue weighted by atomic mass is 16.6. The third kappa shape index (κ3) is 3.88. The van der Waals surface area contributed by atoms with E-state index in [-0.39, 0.29) is 13.4 Å². The lowest BCUT2D eigenvalue weighted by Gasteiger charge is -1.87. The molecule has 0 heterocycles. The van der Waals surface area contributed by atoms with Gasteiger partial charge in [-0.15, -0.1) is 0 Å². The summed E-state index contributed by atoms with van der Waals surface area (Å²) in [6.07, 6.45) is 0. The van der Waals surface area contributed by atoms with E-state index < -0.39 is 0 Å². The molecule has 0 amide bonds. The first-order chi connectivity index (χ1) is 2.91. The Bertz CT molecular complexity index is 18.0. The quantitative estimate of drug-likeness (QED) is 0.252. The van der Waals surface area contributed by atoms with Crippen molar-refractivity contribution in [1.29, 1.82) is 0 Å². The predicted molar refractivity (Wildman–Crippen MR) is 21.3 cm³/mol. The smallest absolute Gasteiger partial charge is 0.252 e. The van der Waals surface area contributed by atoms with E-state index in [1.165, 1.54) is 0 Å². The molecule has 0 bridgehead atoms. The molecule has 6 heavy (non-hydrogen) atoms. The standard InChI is InChI=1S/C3H8O3/c4-1-2-6-3-5/h4-5H,1-3H2/p+1. The molecular weight excluding hydrogens is 84.0 g/mol. The summed E-state index contributed by atoms with van der Waals surface area (Å²) < 4.78 is 3.40. The van der Waals surface area contributed by atoms with Crippen molar-refractivity contribution in [3.05, 3.63) is 0 Å². The van der Waals surface area contributed by atoms with Crippen molar-refractivity contribution >= 4 is 0 Å². The van der Waals surface area contributed by atoms with E-state index in [2.05, 4.69) is 4.74 Å². The van der Waals surface area contributed by atoms with Crippen LogP contribution in [0.4, 0.5) is 0 Å². The van der Waals surface area contributed by atoms with Crippen molar-refractivity contribution in [3.63, 3.8) is 0 Å². The minimum Gasteiger partial charge on any atom is -0.410 e. The van der Waals surface area contributed by atoms with Crippen LogP contribution in [0.1, 0.15) is 0 Å². The largest absolute Gasteiger partial charge is 0.410 e. The van der Waals surface area contributed by atoms with Crippen LogP contribution in [0.5, 0.6) is 0 Å². The fourth-order valence-electron chi connectivity index (χ4n) is 0.141. The zero-order valence-electron chi connectivity index (χ0n) is 3.46. The second-order valence-corrected chi connectivity index (χ2v) is 0.812. The second-order valence-electron chi connectivity index (χ2n) is 0.812. The number of hydrogen-bond acceptors (Lipinski definition) is 2. The summed E-state index contributed by atoms with van der Waals surface area (Å²) in [6, 6.07) is 0. The molecule has 0 aromatic rings. The maximum Gasteiger partial charge on any atom is 0.252 e. The Hall–Kier alpha value is -0.120. The molecule has 0 aromatic heterocycles. The minimum atomic E-state index is -0.180. The van der Waals surface area contributed by atoms with Gasteiger partial charge in [-0.1, -0.05) is 0 Å². The first kappa shape index (κ1) is 5.88. The van der Waals surface area contributed by atoms with Crippen molar-refractivity contribution in [1.82, 2.24) is 0 Å². The third-order valence-corrected chi connectivity index (χ3v) is 0.358. The van der Waals surface area contributed by atoms with Crippen molar-refractivity contribution in [2.75, 3.05) is 20.0 Å². The van der Waals surface area contributed by atoms with Crippen molar-refractivity contribution in [3.8, 4) is 0 Å². The summed E-state index contributed by atoms with van der Waals surface area (Å²) in [4.78, 5) is 0. The summed E-state index contributed by atoms with van der Waals surface area (Å²) in [5.41, 5.74) is 0. The summed E-state index contributed by atoms with van der Waals surface area (Å²) in [5, 5.41) is 15.9. The molecule has 0 saturated carbocycles. The van der Waals surface area contributed by atoms with Crippen LogP contribution in [0.15, 0.2) is 0 Å². The fraction of sp³-hybridized carbons (Fsp3) is 1.00. The van der Waals surface area contributed by atoms with Gasteiger partial charge in [0.05, 0.1) is 0 Å². The van der Waals surface area contributed by atoms with E-state index in [0.29, 0.717) is 6.61 Å². The van der Waals surface area contributed by atoms with E-state index in [9.17, 15) is 0 Å². The molecule has 3 N–H and O–H groups in total. The summed E-state index contributed by atoms with van der Waals surface area (Å²) >= 11 is 0. The zero-order chi connectivity index (χ0) is 4.83. The molecule has 3 heteroatoms. The van der Waals surface area contributed by atoms with Crippen molar-refractivity contribution in [2.24, 2.45) is 0 Å². The van der Waals surface area contributed by atoms with Gasteiger partial charge >= 0.3 is 0 Å². The molecule has 0 atom stereocenters. The van der Waals surface area contributed by atoms with Gasteiger partial charge in [-0.2, -0.15) is 0 Å². The molecule has 3 nitrogen and oxygen atoms in total. The minimum absolute atomic E-state index is 0.0283. The van der Waals surface area contributed by atoms with Gasteiger partial charge in [0, 0.05) is 0 Å². The highest BCUT2D eigenvalue weighted by molar-refractivity contribution is 4.12. The molecule has 0 saturated heterocycles. The van der Waals surface area contributed by atoms with Gasteiger partial charge in [-0.05, 0) is 0 Å². The van der Waals surface area contributed by atoms with E-state index in [1.54, 1.807) is 0 Å². The molecule has 0 radical (unpaired) electrons. The second kappa shape index (κ2) is 4.88. The van der Waals surface area contributed by atoms with Crippen molar-refractivity contribution in [2.45, 2.75) is 0 Å². The van der Waals surface area contributed by atoms with Crippen LogP contribution < -0.4 is 0 Å². The lowest BCUT2D eigenvalue weighted by atomic mass is 10.8. The number of aliphatic hydroxyl groups is 4. The zero-order valence-corrected chi connectivity index (χ0v) is 3.46. The van der Waals surface area contributed by atoms with Gasteiger partial charge in [-0.3, -0.25) is 0 Å². The third-order valence-electron chi connectivity index (χ3n) is 0.358. The lowest BCUT2D eigenvalue weighted by molar-refractivity contribution is -0.139. The molecule has 0 aliphatic carbocycles. The summed E-state index contributed by atoms with van der Waals surface area (Å²) in [7, 11) is 0. The number of rotatable bonds is 3. The Morgan fingerprint density at radius 3 is 2.17 bits per heavy atom. The number of aliphatic hydroxyl groups excluding tert-OH is 2. The van der Waals surface area contributed by atoms with Gasteiger partial charge in [0.2, 0.25) is 0 Å². The van der Waals surface area contributed by atoms with Crippen LogP contribution in [0, 0.1) is 0 Å². The van der Waals surface area contributed by atoms with Crippen LogP contribution in [-0.4, -0.2) is 35.0 Å². The maximum absolute atomic E-state index is 7.99. The van der Waals surface area contributed by atoms with E-state index in [0.717, 1.165) is 0 Å². The predicted octanol–water partition coefficient (Wildman–Crippen LogP) is -1.54. The highest BCUT2D eigenvalue weighted by Gasteiger charge is 1.79. The van der Waals surface area contributed by atoms with Crippen LogP contribution in [0.25, 0.3) is 0 Å². The molecule has 0 aliphatic heterocycles. The lowest BCUT2D eigenvalue weighted by Crippen LogP contribution is -2.04. The molecule has 0 rings (SSSR count). The SMILES string of the molecule is OCC[OH+]CO. The van der Waals surface area contributed by atoms with Gasteiger partial charge in [-0.25, -0.2) is 0 Å². The Morgan fingerprint density at radius 2 is 2.00 bits per heavy atom. The Labute approximate surface area is 36.2 Å². The number of hydrogen-bond donors (Lipinski definition) is 2. The highest BCUT2D eigenvalue weighted by Crippen LogP contribution is 1.57. The Kier molecular flexibility index (Phi) is 4.78. The van der Waals surface area contributed by atoms with E-state index in [4.69, 9.17) is 10.2 Å². The molecule has 0 aromatic carbocycles. The van der Waals surface area contributed by atoms with Gasteiger partial charge < -0.3 is 14.9 Å². The van der Waals surface area contributed by atoms with Crippen molar-refractivity contribution < 1.29 is 14.9 Å². The van der Waals surface area contributed by atoms with Crippen LogP contribution in [-0.2, 0) is 0 Å². The van der Waals surface area contributed by atoms with Crippen LogP contribution >= 0.6 is 0 Å². The summed E-state index contributed by atoms with van der Waals surface area (Å²) in [5.74, 6) is 0. The van der Waals surface area contributed by atoms with Gasteiger partial charge in [0.15, 0.2) is 6.61 Å². The fourth-order valence-corrected chi connectivity index (χ4v) is 0.141. The van der Waals surface area contributed by atoms with E-state index >= 15 is 0 Å². The Balaban J connectivity index is 2.34. The van der Waals surface area contributed by atoms with Gasteiger partial charge in [0.1, 0.15) is 6.61 Å². The van der Waals surface area contributed by atoms with Gasteiger partial charge in [0.25, 0.3) is 6.79 Å². The first-order valence-corrected chi connectivity index (χ1v) is 1.76. The van der Waals surface area contributed by atoms with Crippen LogP contribution in [0.2, 0.25) is 0 Å². The normalized spacial score (nSPS) is 9.00. The molecule has 38 valence electrons. The maximum atomic E-state index is 7.99. The number of ether oxygens (including phenoxy) is 1. The molecular formula is C3H9O3+. The first-order valence-electron chi connectivity index (χ1n) is 1.76. The van der Waals surface area contributed by atoms with Crippen LogP contribution in [0.3, 0.4) is 0 Å². The van der Waals surface area contributed by atoms with E-state index in [1.807, 2.05) is 0 Å². The molecule has 0 fully saturated rings. The molecule has 0 aliphatic rings.